The van der Waals surface area contributed by atoms with Crippen LogP contribution in [0.3, 0.4) is 0 Å². The summed E-state index contributed by atoms with van der Waals surface area (Å²) in [6, 6.07) is 0. The Kier molecular flexibility index (Phi) is 16.3. The zero-order valence-corrected chi connectivity index (χ0v) is 20.8. The van der Waals surface area contributed by atoms with Gasteiger partial charge in [-0.25, -0.2) is 24.2 Å². The number of phosphoric ester groups is 3. The van der Waals surface area contributed by atoms with Crippen molar-refractivity contribution in [2.24, 2.45) is 17.8 Å². The van der Waals surface area contributed by atoms with Crippen molar-refractivity contribution in [3.8, 4) is 0 Å². The van der Waals surface area contributed by atoms with E-state index in [0.717, 1.165) is 6.42 Å². The third kappa shape index (κ3) is 16.4. The summed E-state index contributed by atoms with van der Waals surface area (Å²) in [4.78, 5) is 51.7. The minimum absolute atomic E-state index is 0.126. The molecule has 1 aliphatic rings. The molecule has 33 heavy (non-hydrogen) atoms. The normalized spacial score (nSPS) is 29.3. The lowest BCUT2D eigenvalue weighted by atomic mass is 9.74. The maximum atomic E-state index is 10.9. The minimum Gasteiger partial charge on any atom is -0.390 e. The van der Waals surface area contributed by atoms with Crippen LogP contribution >= 0.6 is 23.5 Å². The van der Waals surface area contributed by atoms with Gasteiger partial charge in [0, 0.05) is 0 Å². The summed E-state index contributed by atoms with van der Waals surface area (Å²) in [6.07, 6.45) is -5.63. The van der Waals surface area contributed by atoms with Gasteiger partial charge in [0.1, 0.15) is 12.2 Å². The van der Waals surface area contributed by atoms with Gasteiger partial charge in [-0.15, -0.1) is 0 Å². The Morgan fingerprint density at radius 2 is 1.06 bits per heavy atom. The summed E-state index contributed by atoms with van der Waals surface area (Å²) in [5.41, 5.74) is 0. The van der Waals surface area contributed by atoms with Crippen molar-refractivity contribution in [1.29, 1.82) is 0 Å². The quantitative estimate of drug-likeness (QED) is 0.108. The zero-order chi connectivity index (χ0) is 26.8. The fraction of sp³-hybridized carbons (Fsp3) is 1.00. The van der Waals surface area contributed by atoms with Gasteiger partial charge in [-0.1, -0.05) is 39.2 Å². The highest BCUT2D eigenvalue weighted by molar-refractivity contribution is 7.46. The van der Waals surface area contributed by atoms with E-state index in [1.54, 1.807) is 0 Å². The molecule has 0 radical (unpaired) electrons. The van der Waals surface area contributed by atoms with Gasteiger partial charge in [-0.05, 0) is 17.8 Å². The molecule has 1 fully saturated rings. The highest BCUT2D eigenvalue weighted by Gasteiger charge is 2.51. The molecule has 1 aliphatic carbocycles. The Balaban J connectivity index is 0. The number of aliphatic hydroxyl groups is 2. The van der Waals surface area contributed by atoms with Gasteiger partial charge in [-0.2, -0.15) is 0 Å². The molecule has 0 aromatic heterocycles. The Hall–Kier alpha value is 0.130. The number of hydrogen-bond acceptors (Lipinski definition) is 11. The van der Waals surface area contributed by atoms with Crippen molar-refractivity contribution in [3.63, 3.8) is 0 Å². The molecule has 202 valence electrons. The van der Waals surface area contributed by atoms with Crippen LogP contribution in [-0.4, -0.2) is 81.1 Å². The second-order valence-electron chi connectivity index (χ2n) is 7.20. The highest BCUT2D eigenvalue weighted by Crippen LogP contribution is 2.48. The molecule has 1 saturated carbocycles. The van der Waals surface area contributed by atoms with E-state index < -0.39 is 59.7 Å². The fourth-order valence-corrected chi connectivity index (χ4v) is 4.09. The van der Waals surface area contributed by atoms with E-state index in [0.29, 0.717) is 0 Å². The van der Waals surface area contributed by atoms with Crippen LogP contribution in [0.4, 0.5) is 0 Å². The van der Waals surface area contributed by atoms with Crippen LogP contribution in [0.5, 0.6) is 0 Å². The first-order valence-corrected chi connectivity index (χ1v) is 13.8. The maximum absolute atomic E-state index is 10.9. The second-order valence-corrected chi connectivity index (χ2v) is 10.8. The van der Waals surface area contributed by atoms with Crippen molar-refractivity contribution in [3.05, 3.63) is 0 Å². The number of rotatable bonds is 8. The van der Waals surface area contributed by atoms with Crippen molar-refractivity contribution in [2.45, 2.75) is 58.5 Å². The molecule has 0 saturated heterocycles. The summed E-state index contributed by atoms with van der Waals surface area (Å²) in [7, 11) is -14.3. The zero-order valence-electron chi connectivity index (χ0n) is 18.1. The van der Waals surface area contributed by atoms with E-state index in [9.17, 15) is 23.9 Å². The van der Waals surface area contributed by atoms with Gasteiger partial charge in [0.2, 0.25) is 0 Å². The molecular weight excluding hydrogens is 521 g/mol. The van der Waals surface area contributed by atoms with Gasteiger partial charge in [0.25, 0.3) is 0 Å². The summed E-state index contributed by atoms with van der Waals surface area (Å²) < 4.78 is 44.8. The number of hydrogen-bond donors (Lipinski definition) is 10. The van der Waals surface area contributed by atoms with E-state index in [-0.39, 0.29) is 12.5 Å². The van der Waals surface area contributed by atoms with E-state index in [1.807, 2.05) is 13.8 Å². The molecular formula is C13H33O17P3. The molecule has 0 aromatic carbocycles. The van der Waals surface area contributed by atoms with Crippen molar-refractivity contribution >= 4 is 23.5 Å². The van der Waals surface area contributed by atoms with Crippen LogP contribution < -0.4 is 0 Å². The molecule has 17 nitrogen and oxygen atoms in total. The average molecular weight is 554 g/mol. The topological polar surface area (TPSA) is 290 Å². The first kappa shape index (κ1) is 35.3. The molecule has 6 unspecified atom stereocenters. The largest absolute Gasteiger partial charge is 0.470 e. The molecule has 0 amide bonds. The Morgan fingerprint density at radius 1 is 0.758 bits per heavy atom. The monoisotopic (exact) mass is 554 g/mol. The standard InChI is InChI=1S/C8H18O10P2.C5H13O4P.H2O3/c1-3-4(2)6(10)8(18-20(14,15)16)7(5(3)9)17-19(11,12)13;1-3-5(2)4-9-10(6,7)8;1-3-2/h3-10H,1-2H3,(H2,11,12,13)(H2,14,15,16);5H,3-4H2,1-2H3,(H2,6,7,8);1-2H/t;5-;/m.1./s1. The van der Waals surface area contributed by atoms with Crippen LogP contribution in [0, 0.1) is 17.8 Å². The van der Waals surface area contributed by atoms with Gasteiger partial charge >= 0.3 is 23.5 Å². The van der Waals surface area contributed by atoms with Crippen molar-refractivity contribution < 1.29 is 82.4 Å². The Morgan fingerprint density at radius 3 is 1.27 bits per heavy atom. The smallest absolute Gasteiger partial charge is 0.390 e. The first-order chi connectivity index (χ1) is 14.7. The van der Waals surface area contributed by atoms with E-state index in [4.69, 9.17) is 39.9 Å². The van der Waals surface area contributed by atoms with Gasteiger partial charge in [0.05, 0.1) is 18.8 Å². The molecule has 7 atom stereocenters. The second kappa shape index (κ2) is 15.3. The molecule has 20 heteroatoms. The molecule has 0 bridgehead atoms. The molecule has 1 rings (SSSR count). The highest BCUT2D eigenvalue weighted by atomic mass is 31.2. The van der Waals surface area contributed by atoms with Crippen LogP contribution in [0.1, 0.15) is 34.1 Å². The van der Waals surface area contributed by atoms with Gasteiger partial charge in [-0.3, -0.25) is 13.6 Å². The SMILES string of the molecule is CC1C(C)C(O)C(OP(=O)(O)O)C(OP(=O)(O)O)C1O.CC[C@@H](C)COP(=O)(O)O.OOO. The first-order valence-electron chi connectivity index (χ1n) is 9.19. The van der Waals surface area contributed by atoms with E-state index >= 15 is 0 Å². The van der Waals surface area contributed by atoms with Crippen LogP contribution in [0.15, 0.2) is 0 Å². The fourth-order valence-electron chi connectivity index (χ4n) is 2.51. The Labute approximate surface area is 189 Å². The third-order valence-corrected chi connectivity index (χ3v) is 6.17. The van der Waals surface area contributed by atoms with E-state index in [1.165, 1.54) is 13.8 Å². The number of phosphoric acid groups is 3. The lowest BCUT2D eigenvalue weighted by Gasteiger charge is -2.44. The third-order valence-electron chi connectivity index (χ3n) is 4.65. The lowest BCUT2D eigenvalue weighted by molar-refractivity contribution is -0.465. The number of aliphatic hydroxyl groups excluding tert-OH is 2. The van der Waals surface area contributed by atoms with E-state index in [2.05, 4.69) is 18.6 Å². The summed E-state index contributed by atoms with van der Waals surface area (Å²) >= 11 is 0. The lowest BCUT2D eigenvalue weighted by Crippen LogP contribution is -2.58. The van der Waals surface area contributed by atoms with Crippen LogP contribution in [0.2, 0.25) is 0 Å². The maximum Gasteiger partial charge on any atom is 0.470 e. The van der Waals surface area contributed by atoms with Crippen LogP contribution in [-0.2, 0) is 32.3 Å². The predicted molar refractivity (Wildman–Crippen MR) is 108 cm³/mol. The van der Waals surface area contributed by atoms with Crippen molar-refractivity contribution in [2.75, 3.05) is 6.61 Å². The van der Waals surface area contributed by atoms with Crippen LogP contribution in [0.25, 0.3) is 0 Å². The van der Waals surface area contributed by atoms with Gasteiger partial charge in [0.15, 0.2) is 0 Å². The minimum atomic E-state index is -5.05. The van der Waals surface area contributed by atoms with Gasteiger partial charge < -0.3 is 39.6 Å². The summed E-state index contributed by atoms with van der Waals surface area (Å²) in [5.74, 6) is -1.05. The van der Waals surface area contributed by atoms with Crippen molar-refractivity contribution in [1.82, 2.24) is 0 Å². The Bertz CT molecular complexity index is 633. The summed E-state index contributed by atoms with van der Waals surface area (Å²) in [5, 5.41) is 35.4. The average Bonchev–Trinajstić information content (AvgIpc) is 2.64. The molecule has 0 aromatic rings. The molecule has 0 spiro atoms. The molecule has 0 heterocycles. The summed E-state index contributed by atoms with van der Waals surface area (Å²) in [6.45, 7) is 6.94. The molecule has 10 N–H and O–H groups in total. The molecule has 0 aliphatic heterocycles. The predicted octanol–water partition coefficient (Wildman–Crippen LogP) is 0.0406.